The zero-order chi connectivity index (χ0) is 9.68. The van der Waals surface area contributed by atoms with Gasteiger partial charge in [0.25, 0.3) is 0 Å². The maximum atomic E-state index is 11.1. The molecule has 0 saturated carbocycles. The van der Waals surface area contributed by atoms with Gasteiger partial charge in [-0.1, -0.05) is 6.07 Å². The second-order valence-electron chi connectivity index (χ2n) is 2.79. The summed E-state index contributed by atoms with van der Waals surface area (Å²) in [6.45, 7) is 0. The summed E-state index contributed by atoms with van der Waals surface area (Å²) in [6, 6.07) is 3.23. The second kappa shape index (κ2) is 8.47. The summed E-state index contributed by atoms with van der Waals surface area (Å²) in [6.07, 6.45) is 3.92. The number of hydrogen-bond donors (Lipinski definition) is 2. The van der Waals surface area contributed by atoms with Gasteiger partial charge in [-0.25, -0.2) is 0 Å². The van der Waals surface area contributed by atoms with E-state index in [-0.39, 0.29) is 30.7 Å². The number of nitrogens with zero attached hydrogens (tertiary/aromatic N) is 1. The molecule has 0 fully saturated rings. The van der Waals surface area contributed by atoms with E-state index in [0.29, 0.717) is 6.42 Å². The van der Waals surface area contributed by atoms with Gasteiger partial charge < -0.3 is 11.1 Å². The van der Waals surface area contributed by atoms with Crippen molar-refractivity contribution in [2.45, 2.75) is 12.5 Å². The summed E-state index contributed by atoms with van der Waals surface area (Å²) in [4.78, 5) is 15.0. The fourth-order valence-electron chi connectivity index (χ4n) is 1.05. The summed E-state index contributed by atoms with van der Waals surface area (Å²) in [5, 5.41) is 2.50. The Morgan fingerprint density at radius 1 is 1.60 bits per heavy atom. The average Bonchev–Trinajstić information content (AvgIpc) is 2.18. The lowest BCUT2D eigenvalue weighted by Crippen LogP contribution is -2.40. The molecule has 0 aliphatic rings. The van der Waals surface area contributed by atoms with Gasteiger partial charge in [-0.3, -0.25) is 9.78 Å². The molecule has 15 heavy (non-hydrogen) atoms. The molecule has 86 valence electrons. The highest BCUT2D eigenvalue weighted by atomic mass is 35.5. The van der Waals surface area contributed by atoms with E-state index in [9.17, 15) is 4.79 Å². The van der Waals surface area contributed by atoms with E-state index in [4.69, 9.17) is 5.73 Å². The minimum absolute atomic E-state index is 0. The minimum Gasteiger partial charge on any atom is -0.358 e. The first kappa shape index (κ1) is 16.6. The van der Waals surface area contributed by atoms with E-state index in [0.717, 1.165) is 5.56 Å². The predicted octanol–water partition coefficient (Wildman–Crippen LogP) is 0.541. The molecule has 1 amide bonds. The van der Waals surface area contributed by atoms with Gasteiger partial charge in [0.05, 0.1) is 6.04 Å². The molecule has 0 aromatic carbocycles. The van der Waals surface area contributed by atoms with E-state index < -0.39 is 6.04 Å². The lowest BCUT2D eigenvalue weighted by molar-refractivity contribution is -0.121. The normalized spacial score (nSPS) is 10.5. The average molecular weight is 252 g/mol. The molecule has 1 aromatic heterocycles. The lowest BCUT2D eigenvalue weighted by atomic mass is 10.1. The van der Waals surface area contributed by atoms with Crippen molar-refractivity contribution in [3.63, 3.8) is 0 Å². The standard InChI is InChI=1S/C9H13N3O.2ClH/c1-11-9(13)8(10)5-7-3-2-4-12-6-7;;/h2-4,6,8H,5,10H2,1H3,(H,11,13);2*1H/t8-;;/m0../s1. The minimum atomic E-state index is -0.491. The SMILES string of the molecule is CNC(=O)[C@@H](N)Cc1cccnc1.Cl.Cl. The van der Waals surface area contributed by atoms with Crippen molar-refractivity contribution < 1.29 is 4.79 Å². The summed E-state index contributed by atoms with van der Waals surface area (Å²) in [5.74, 6) is -0.149. The topological polar surface area (TPSA) is 68.0 Å². The maximum Gasteiger partial charge on any atom is 0.237 e. The number of hydrogen-bond acceptors (Lipinski definition) is 3. The third kappa shape index (κ3) is 5.57. The Balaban J connectivity index is 0. The van der Waals surface area contributed by atoms with E-state index in [1.54, 1.807) is 19.4 Å². The molecule has 0 saturated heterocycles. The molecule has 0 aliphatic heterocycles. The predicted molar refractivity (Wildman–Crippen MR) is 64.5 cm³/mol. The first-order chi connectivity index (χ1) is 6.24. The summed E-state index contributed by atoms with van der Waals surface area (Å²) in [7, 11) is 1.57. The number of nitrogens with one attached hydrogen (secondary N) is 1. The molecule has 1 heterocycles. The summed E-state index contributed by atoms with van der Waals surface area (Å²) in [5.41, 5.74) is 6.59. The van der Waals surface area contributed by atoms with Crippen LogP contribution >= 0.6 is 24.8 Å². The molecule has 6 heteroatoms. The number of rotatable bonds is 3. The fourth-order valence-corrected chi connectivity index (χ4v) is 1.05. The number of pyridine rings is 1. The van der Waals surface area contributed by atoms with Gasteiger partial charge in [0.2, 0.25) is 5.91 Å². The molecule has 1 aromatic rings. The lowest BCUT2D eigenvalue weighted by Gasteiger charge is -2.08. The van der Waals surface area contributed by atoms with Gasteiger partial charge >= 0.3 is 0 Å². The van der Waals surface area contributed by atoms with Crippen LogP contribution in [0.5, 0.6) is 0 Å². The Morgan fingerprint density at radius 3 is 2.73 bits per heavy atom. The van der Waals surface area contributed by atoms with Crippen molar-refractivity contribution >= 4 is 30.7 Å². The van der Waals surface area contributed by atoms with Crippen molar-refractivity contribution in [2.75, 3.05) is 7.05 Å². The summed E-state index contributed by atoms with van der Waals surface area (Å²) < 4.78 is 0. The van der Waals surface area contributed by atoms with Crippen LogP contribution in [0.2, 0.25) is 0 Å². The van der Waals surface area contributed by atoms with Gasteiger partial charge in [0.1, 0.15) is 0 Å². The molecule has 1 atom stereocenters. The van der Waals surface area contributed by atoms with Crippen molar-refractivity contribution in [1.29, 1.82) is 0 Å². The van der Waals surface area contributed by atoms with E-state index in [1.807, 2.05) is 12.1 Å². The van der Waals surface area contributed by atoms with Crippen molar-refractivity contribution in [3.05, 3.63) is 30.1 Å². The first-order valence-electron chi connectivity index (χ1n) is 4.10. The maximum absolute atomic E-state index is 11.1. The van der Waals surface area contributed by atoms with Crippen LogP contribution in [0, 0.1) is 0 Å². The molecule has 0 bridgehead atoms. The number of nitrogens with two attached hydrogens (primary N) is 1. The highest BCUT2D eigenvalue weighted by molar-refractivity contribution is 5.85. The molecular weight excluding hydrogens is 237 g/mol. The Morgan fingerprint density at radius 2 is 2.27 bits per heavy atom. The number of halogens is 2. The van der Waals surface area contributed by atoms with Gasteiger partial charge in [-0.05, 0) is 18.1 Å². The Kier molecular flexibility index (Phi) is 9.36. The highest BCUT2D eigenvalue weighted by Gasteiger charge is 2.11. The molecule has 3 N–H and O–H groups in total. The molecule has 0 unspecified atom stereocenters. The number of amides is 1. The van der Waals surface area contributed by atoms with Crippen LogP contribution in [0.1, 0.15) is 5.56 Å². The molecule has 4 nitrogen and oxygen atoms in total. The van der Waals surface area contributed by atoms with Crippen LogP contribution in [0.15, 0.2) is 24.5 Å². The van der Waals surface area contributed by atoms with Crippen molar-refractivity contribution in [1.82, 2.24) is 10.3 Å². The third-order valence-electron chi connectivity index (χ3n) is 1.76. The molecule has 0 aliphatic carbocycles. The zero-order valence-electron chi connectivity index (χ0n) is 8.34. The smallest absolute Gasteiger partial charge is 0.237 e. The van der Waals surface area contributed by atoms with Crippen LogP contribution in [0.3, 0.4) is 0 Å². The van der Waals surface area contributed by atoms with E-state index >= 15 is 0 Å². The van der Waals surface area contributed by atoms with E-state index in [1.165, 1.54) is 0 Å². The Hall–Kier alpha value is -0.840. The highest BCUT2D eigenvalue weighted by Crippen LogP contribution is 1.99. The number of likely N-dealkylation sites (N-methyl/N-ethyl adjacent to an activating group) is 1. The Bertz CT molecular complexity index is 282. The van der Waals surface area contributed by atoms with Gasteiger partial charge in [-0.2, -0.15) is 0 Å². The summed E-state index contributed by atoms with van der Waals surface area (Å²) >= 11 is 0. The Labute approximate surface area is 101 Å². The van der Waals surface area contributed by atoms with Crippen LogP contribution < -0.4 is 11.1 Å². The third-order valence-corrected chi connectivity index (χ3v) is 1.76. The second-order valence-corrected chi connectivity index (χ2v) is 2.79. The fraction of sp³-hybridized carbons (Fsp3) is 0.333. The van der Waals surface area contributed by atoms with E-state index in [2.05, 4.69) is 10.3 Å². The molecule has 0 radical (unpaired) electrons. The number of carbonyl (C=O) groups excluding carboxylic acids is 1. The van der Waals surface area contributed by atoms with Crippen LogP contribution in [-0.4, -0.2) is 24.0 Å². The van der Waals surface area contributed by atoms with Gasteiger partial charge in [-0.15, -0.1) is 24.8 Å². The number of carbonyl (C=O) groups is 1. The first-order valence-corrected chi connectivity index (χ1v) is 4.10. The van der Waals surface area contributed by atoms with Gasteiger partial charge in [0.15, 0.2) is 0 Å². The monoisotopic (exact) mass is 251 g/mol. The van der Waals surface area contributed by atoms with Crippen LogP contribution in [0.4, 0.5) is 0 Å². The zero-order valence-corrected chi connectivity index (χ0v) is 9.98. The molecule has 0 spiro atoms. The largest absolute Gasteiger partial charge is 0.358 e. The van der Waals surface area contributed by atoms with Crippen molar-refractivity contribution in [3.8, 4) is 0 Å². The molecule has 1 rings (SSSR count). The van der Waals surface area contributed by atoms with Crippen LogP contribution in [-0.2, 0) is 11.2 Å². The number of aromatic nitrogens is 1. The van der Waals surface area contributed by atoms with Crippen LogP contribution in [0.25, 0.3) is 0 Å². The molecular formula is C9H15Cl2N3O. The van der Waals surface area contributed by atoms with Crippen molar-refractivity contribution in [2.24, 2.45) is 5.73 Å². The van der Waals surface area contributed by atoms with Gasteiger partial charge in [0, 0.05) is 19.4 Å². The quantitative estimate of drug-likeness (QED) is 0.825.